The highest BCUT2D eigenvalue weighted by molar-refractivity contribution is 6.33. The lowest BCUT2D eigenvalue weighted by Gasteiger charge is -2.33. The fraction of sp³-hybridized carbons (Fsp3) is 0.440. The van der Waals surface area contributed by atoms with E-state index < -0.39 is 36.2 Å². The maximum Gasteiger partial charge on any atom is 0.338 e. The Morgan fingerprint density at radius 2 is 1.81 bits per heavy atom. The largest absolute Gasteiger partial charge is 0.462 e. The molecule has 1 fully saturated rings. The van der Waals surface area contributed by atoms with E-state index in [1.807, 2.05) is 13.0 Å². The molecule has 0 N–H and O–H groups in total. The van der Waals surface area contributed by atoms with Crippen molar-refractivity contribution in [3.8, 4) is 0 Å². The van der Waals surface area contributed by atoms with Gasteiger partial charge in [0.15, 0.2) is 16.9 Å². The summed E-state index contributed by atoms with van der Waals surface area (Å²) >= 11 is 6.17. The van der Waals surface area contributed by atoms with Crippen LogP contribution >= 0.6 is 11.6 Å². The smallest absolute Gasteiger partial charge is 0.338 e. The lowest BCUT2D eigenvalue weighted by atomic mass is 9.97. The Morgan fingerprint density at radius 3 is 2.47 bits per heavy atom. The zero-order valence-corrected chi connectivity index (χ0v) is 20.9. The van der Waals surface area contributed by atoms with E-state index in [0.717, 1.165) is 0 Å². The number of imidazole rings is 1. The quantitative estimate of drug-likeness (QED) is 0.226. The molecule has 5 atom stereocenters. The van der Waals surface area contributed by atoms with E-state index in [1.54, 1.807) is 35.2 Å². The minimum Gasteiger partial charge on any atom is -0.462 e. The van der Waals surface area contributed by atoms with Gasteiger partial charge in [0.2, 0.25) is 0 Å². The molecule has 0 bridgehead atoms. The van der Waals surface area contributed by atoms with E-state index in [9.17, 15) is 14.4 Å². The summed E-state index contributed by atoms with van der Waals surface area (Å²) in [5.41, 5.74) is 1.35. The van der Waals surface area contributed by atoms with Crippen LogP contribution in [0.4, 0.5) is 0 Å². The van der Waals surface area contributed by atoms with E-state index in [-0.39, 0.29) is 23.6 Å². The van der Waals surface area contributed by atoms with Gasteiger partial charge in [-0.3, -0.25) is 9.59 Å². The summed E-state index contributed by atoms with van der Waals surface area (Å²) in [5.74, 6) is -1.65. The highest BCUT2D eigenvalue weighted by Crippen LogP contribution is 2.46. The third-order valence-electron chi connectivity index (χ3n) is 6.23. The monoisotopic (exact) mass is 514 g/mol. The molecule has 0 radical (unpaired) electrons. The van der Waals surface area contributed by atoms with Gasteiger partial charge in [0.25, 0.3) is 0 Å². The van der Waals surface area contributed by atoms with Crippen molar-refractivity contribution < 1.29 is 28.6 Å². The molecule has 11 heteroatoms. The number of benzene rings is 1. The summed E-state index contributed by atoms with van der Waals surface area (Å²) < 4.78 is 18.7. The average molecular weight is 515 g/mol. The molecule has 2 heterocycles. The molecule has 0 amide bonds. The van der Waals surface area contributed by atoms with Crippen LogP contribution in [0, 0.1) is 11.8 Å². The Hall–Kier alpha value is -3.53. The van der Waals surface area contributed by atoms with Gasteiger partial charge >= 0.3 is 17.9 Å². The lowest BCUT2D eigenvalue weighted by Crippen LogP contribution is -2.42. The summed E-state index contributed by atoms with van der Waals surface area (Å²) in [7, 11) is 0. The van der Waals surface area contributed by atoms with E-state index in [0.29, 0.717) is 29.6 Å². The van der Waals surface area contributed by atoms with Crippen molar-refractivity contribution in [2.24, 2.45) is 11.8 Å². The molecule has 1 aliphatic carbocycles. The summed E-state index contributed by atoms with van der Waals surface area (Å²) in [6.45, 7) is 4.70. The Balaban J connectivity index is 1.57. The van der Waals surface area contributed by atoms with Gasteiger partial charge in [-0.25, -0.2) is 19.7 Å². The minimum absolute atomic E-state index is 0.0473. The molecule has 1 aromatic carbocycles. The van der Waals surface area contributed by atoms with Crippen molar-refractivity contribution >= 4 is 40.7 Å². The number of carbonyl (C=O) groups is 3. The Morgan fingerprint density at radius 1 is 1.08 bits per heavy atom. The second-order valence-corrected chi connectivity index (χ2v) is 9.09. The number of halogens is 1. The second-order valence-electron chi connectivity index (χ2n) is 8.74. The maximum absolute atomic E-state index is 12.4. The number of ether oxygens (including phenoxy) is 3. The Kier molecular flexibility index (Phi) is 7.83. The third-order valence-corrected chi connectivity index (χ3v) is 6.51. The summed E-state index contributed by atoms with van der Waals surface area (Å²) in [6, 6.07) is 8.26. The summed E-state index contributed by atoms with van der Waals surface area (Å²) in [4.78, 5) is 49.2. The van der Waals surface area contributed by atoms with Crippen LogP contribution in [-0.4, -0.2) is 56.2 Å². The van der Waals surface area contributed by atoms with Crippen molar-refractivity contribution in [2.45, 2.75) is 51.9 Å². The fourth-order valence-electron chi connectivity index (χ4n) is 4.50. The second kappa shape index (κ2) is 11.0. The number of nitrogens with zero attached hydrogens (tertiary/aromatic N) is 4. The third kappa shape index (κ3) is 5.64. The normalized spacial score (nSPS) is 19.2. The SMILES string of the molecule is CC[C@H](C(OC(C)=O)C(OC(C)=O)C1C[C@H]1COC(=O)c1ccccc1)n1cnc2c(Cl)ncnc21. The van der Waals surface area contributed by atoms with Crippen LogP contribution in [-0.2, 0) is 23.8 Å². The van der Waals surface area contributed by atoms with Gasteiger partial charge in [-0.15, -0.1) is 0 Å². The minimum atomic E-state index is -0.831. The molecule has 190 valence electrons. The molecule has 3 unspecified atom stereocenters. The first-order valence-corrected chi connectivity index (χ1v) is 12.1. The number of fused-ring (bicyclic) bond motifs is 1. The molecule has 0 spiro atoms. The molecule has 10 nitrogen and oxygen atoms in total. The van der Waals surface area contributed by atoms with Crippen molar-refractivity contribution in [2.75, 3.05) is 6.61 Å². The first-order valence-electron chi connectivity index (χ1n) is 11.7. The highest BCUT2D eigenvalue weighted by Gasteiger charge is 2.51. The fourth-order valence-corrected chi connectivity index (χ4v) is 4.68. The number of rotatable bonds is 10. The van der Waals surface area contributed by atoms with Crippen LogP contribution in [0.25, 0.3) is 11.2 Å². The van der Waals surface area contributed by atoms with Crippen LogP contribution in [0.2, 0.25) is 5.15 Å². The van der Waals surface area contributed by atoms with E-state index in [4.69, 9.17) is 25.8 Å². The van der Waals surface area contributed by atoms with Crippen molar-refractivity contribution in [1.82, 2.24) is 19.5 Å². The van der Waals surface area contributed by atoms with Crippen molar-refractivity contribution in [3.05, 3.63) is 53.7 Å². The van der Waals surface area contributed by atoms with Crippen LogP contribution in [0.1, 0.15) is 50.0 Å². The molecule has 4 rings (SSSR count). The van der Waals surface area contributed by atoms with Gasteiger partial charge in [0.05, 0.1) is 24.5 Å². The highest BCUT2D eigenvalue weighted by atomic mass is 35.5. The number of esters is 3. The summed E-state index contributed by atoms with van der Waals surface area (Å²) in [6.07, 6.45) is 2.47. The summed E-state index contributed by atoms with van der Waals surface area (Å²) in [5, 5.41) is 0.205. The van der Waals surface area contributed by atoms with E-state index in [1.165, 1.54) is 20.2 Å². The topological polar surface area (TPSA) is 123 Å². The Labute approximate surface area is 212 Å². The molecular weight excluding hydrogens is 488 g/mol. The molecule has 2 aromatic heterocycles. The van der Waals surface area contributed by atoms with Gasteiger partial charge in [-0.2, -0.15) is 0 Å². The number of hydrogen-bond donors (Lipinski definition) is 0. The van der Waals surface area contributed by atoms with Crippen LogP contribution in [0.5, 0.6) is 0 Å². The molecule has 36 heavy (non-hydrogen) atoms. The van der Waals surface area contributed by atoms with Crippen LogP contribution in [0.15, 0.2) is 43.0 Å². The molecule has 0 aliphatic heterocycles. The number of aromatic nitrogens is 4. The van der Waals surface area contributed by atoms with Crippen LogP contribution < -0.4 is 0 Å². The van der Waals surface area contributed by atoms with Gasteiger partial charge in [-0.05, 0) is 25.0 Å². The average Bonchev–Trinajstić information content (AvgIpc) is 3.50. The van der Waals surface area contributed by atoms with E-state index >= 15 is 0 Å². The first kappa shape index (κ1) is 25.6. The molecule has 1 aliphatic rings. The molecule has 1 saturated carbocycles. The molecule has 3 aromatic rings. The first-order chi connectivity index (χ1) is 17.3. The van der Waals surface area contributed by atoms with Crippen molar-refractivity contribution in [1.29, 1.82) is 0 Å². The number of carbonyl (C=O) groups excluding carboxylic acids is 3. The predicted octanol–water partition coefficient (Wildman–Crippen LogP) is 3.79. The van der Waals surface area contributed by atoms with Gasteiger partial charge < -0.3 is 18.8 Å². The van der Waals surface area contributed by atoms with Gasteiger partial charge in [0, 0.05) is 25.7 Å². The van der Waals surface area contributed by atoms with Crippen LogP contribution in [0.3, 0.4) is 0 Å². The zero-order valence-electron chi connectivity index (χ0n) is 20.2. The molecular formula is C25H27ClN4O6. The molecule has 0 saturated heterocycles. The standard InChI is InChI=1S/C25H27ClN4O6/c1-4-19(30-13-29-20-23(26)27-12-28-24(20)30)22(36-15(3)32)21(35-14(2)31)18-10-17(18)11-34-25(33)16-8-6-5-7-9-16/h5-9,12-13,17-19,21-22H,4,10-11H2,1-3H3/t17-,18?,19+,21?,22?/m0/s1. The van der Waals surface area contributed by atoms with Gasteiger partial charge in [-0.1, -0.05) is 36.7 Å². The predicted molar refractivity (Wildman–Crippen MR) is 129 cm³/mol. The zero-order chi connectivity index (χ0) is 25.8. The number of hydrogen-bond acceptors (Lipinski definition) is 9. The maximum atomic E-state index is 12.4. The van der Waals surface area contributed by atoms with E-state index in [2.05, 4.69) is 15.0 Å². The lowest BCUT2D eigenvalue weighted by molar-refractivity contribution is -0.171. The van der Waals surface area contributed by atoms with Crippen molar-refractivity contribution in [3.63, 3.8) is 0 Å². The van der Waals surface area contributed by atoms with Gasteiger partial charge in [0.1, 0.15) is 17.9 Å². The Bertz CT molecular complexity index is 1250.